The smallest absolute Gasteiger partial charge is 0.311 e. The Bertz CT molecular complexity index is 592. The maximum atomic E-state index is 12.2. The van der Waals surface area contributed by atoms with Crippen molar-refractivity contribution in [2.75, 3.05) is 26.3 Å². The molecule has 1 rings (SSSR count). The molecule has 0 aliphatic heterocycles. The van der Waals surface area contributed by atoms with Crippen molar-refractivity contribution < 1.29 is 25.0 Å². The van der Waals surface area contributed by atoms with Crippen molar-refractivity contribution in [2.45, 2.75) is 26.7 Å². The van der Waals surface area contributed by atoms with E-state index in [9.17, 15) is 20.0 Å². The molecule has 1 aliphatic rings. The molecule has 0 aromatic rings. The molecule has 0 aromatic heterocycles. The Morgan fingerprint density at radius 3 is 2.54 bits per heavy atom. The number of hydrogen-bond donors (Lipinski definition) is 4. The first kappa shape index (κ1) is 19.8. The molecule has 0 unspecified atom stereocenters. The zero-order chi connectivity index (χ0) is 18.3. The number of nitrogens with zero attached hydrogens (tertiary/aromatic N) is 2. The van der Waals surface area contributed by atoms with Gasteiger partial charge >= 0.3 is 5.70 Å². The summed E-state index contributed by atoms with van der Waals surface area (Å²) >= 11 is 0. The first-order valence-corrected chi connectivity index (χ1v) is 7.53. The number of aliphatic imine (C=N–C) groups is 1. The van der Waals surface area contributed by atoms with Crippen LogP contribution < -0.4 is 5.32 Å². The van der Waals surface area contributed by atoms with Crippen LogP contribution in [0.15, 0.2) is 28.1 Å². The Labute approximate surface area is 139 Å². The quantitative estimate of drug-likeness (QED) is 0.226. The normalized spacial score (nSPS) is 18.8. The van der Waals surface area contributed by atoms with Gasteiger partial charge in [-0.05, 0) is 5.41 Å². The summed E-state index contributed by atoms with van der Waals surface area (Å²) in [5.41, 5.74) is -1.02. The van der Waals surface area contributed by atoms with Gasteiger partial charge in [0.2, 0.25) is 5.84 Å². The van der Waals surface area contributed by atoms with E-state index in [4.69, 9.17) is 10.2 Å². The summed E-state index contributed by atoms with van der Waals surface area (Å²) in [6, 6.07) is 0. The third-order valence-electron chi connectivity index (χ3n) is 3.39. The molecule has 9 heteroatoms. The first-order chi connectivity index (χ1) is 11.2. The third-order valence-corrected chi connectivity index (χ3v) is 3.39. The van der Waals surface area contributed by atoms with Crippen molar-refractivity contribution in [3.05, 3.63) is 33.2 Å². The minimum absolute atomic E-state index is 0.0153. The van der Waals surface area contributed by atoms with E-state index in [0.29, 0.717) is 0 Å². The van der Waals surface area contributed by atoms with Gasteiger partial charge in [0, 0.05) is 25.5 Å². The molecule has 0 heterocycles. The number of nitrogens with one attached hydrogen (secondary N) is 1. The van der Waals surface area contributed by atoms with Crippen LogP contribution >= 0.6 is 0 Å². The molecule has 0 spiro atoms. The Kier molecular flexibility index (Phi) is 7.05. The Balaban J connectivity index is 3.29. The second kappa shape index (κ2) is 8.55. The number of aliphatic hydroxyl groups excluding tert-OH is 3. The lowest BCUT2D eigenvalue weighted by atomic mass is 9.76. The average Bonchev–Trinajstić information content (AvgIpc) is 2.46. The van der Waals surface area contributed by atoms with Gasteiger partial charge < -0.3 is 20.6 Å². The van der Waals surface area contributed by atoms with E-state index >= 15 is 0 Å². The summed E-state index contributed by atoms with van der Waals surface area (Å²) < 4.78 is 0. The number of rotatable bonds is 7. The van der Waals surface area contributed by atoms with Crippen LogP contribution in [0.2, 0.25) is 0 Å². The zero-order valence-electron chi connectivity index (χ0n) is 13.8. The fraction of sp³-hybridized carbons (Fsp3) is 0.600. The highest BCUT2D eigenvalue weighted by atomic mass is 16.6. The van der Waals surface area contributed by atoms with E-state index in [1.807, 2.05) is 13.8 Å². The van der Waals surface area contributed by atoms with E-state index in [2.05, 4.69) is 10.3 Å². The van der Waals surface area contributed by atoms with E-state index in [0.717, 1.165) is 6.08 Å². The number of nitro groups is 1. The van der Waals surface area contributed by atoms with Gasteiger partial charge in [-0.1, -0.05) is 13.8 Å². The van der Waals surface area contributed by atoms with Gasteiger partial charge in [-0.2, -0.15) is 0 Å². The van der Waals surface area contributed by atoms with Crippen molar-refractivity contribution in [1.29, 1.82) is 0 Å². The minimum Gasteiger partial charge on any atom is -0.512 e. The van der Waals surface area contributed by atoms with Crippen LogP contribution in [-0.4, -0.2) is 58.2 Å². The molecule has 24 heavy (non-hydrogen) atoms. The molecule has 0 radical (unpaired) electrons. The van der Waals surface area contributed by atoms with Crippen molar-refractivity contribution in [3.8, 4) is 0 Å². The largest absolute Gasteiger partial charge is 0.512 e. The number of carbonyl (C=O) groups excluding carboxylic acids is 1. The van der Waals surface area contributed by atoms with Crippen LogP contribution in [0.5, 0.6) is 0 Å². The Morgan fingerprint density at radius 2 is 2.04 bits per heavy atom. The van der Waals surface area contributed by atoms with Crippen LogP contribution in [0.3, 0.4) is 0 Å². The highest BCUT2D eigenvalue weighted by molar-refractivity contribution is 6.03. The molecule has 0 bridgehead atoms. The molecule has 0 saturated heterocycles. The van der Waals surface area contributed by atoms with Crippen molar-refractivity contribution in [2.24, 2.45) is 10.4 Å². The minimum atomic E-state index is -0.728. The SMILES string of the molecule is CC1(C)CC(=O)C(/C=C(/C(=NCCO)NCCO)[N+](=O)[O-])=C(O)C1. The van der Waals surface area contributed by atoms with Gasteiger partial charge in [0.15, 0.2) is 5.78 Å². The van der Waals surface area contributed by atoms with E-state index in [1.54, 1.807) is 0 Å². The molecular formula is C15H23N3O6. The highest BCUT2D eigenvalue weighted by Crippen LogP contribution is 2.36. The number of Topliss-reactive ketones (excluding diaryl/α,β-unsaturated/α-hetero) is 1. The third kappa shape index (κ3) is 5.43. The summed E-state index contributed by atoms with van der Waals surface area (Å²) in [5.74, 6) is -0.743. The molecule has 134 valence electrons. The predicted octanol–water partition coefficient (Wildman–Crippen LogP) is 0.321. The molecule has 0 fully saturated rings. The van der Waals surface area contributed by atoms with E-state index < -0.39 is 16.0 Å². The van der Waals surface area contributed by atoms with Gasteiger partial charge in [-0.3, -0.25) is 19.9 Å². The molecule has 1 aliphatic carbocycles. The molecule has 0 atom stereocenters. The summed E-state index contributed by atoms with van der Waals surface area (Å²) in [5, 5.41) is 41.7. The highest BCUT2D eigenvalue weighted by Gasteiger charge is 2.34. The van der Waals surface area contributed by atoms with E-state index in [-0.39, 0.29) is 62.1 Å². The lowest BCUT2D eigenvalue weighted by Gasteiger charge is -2.28. The molecule has 0 aromatic carbocycles. The van der Waals surface area contributed by atoms with Crippen LogP contribution in [0, 0.1) is 15.5 Å². The van der Waals surface area contributed by atoms with Crippen LogP contribution in [0.25, 0.3) is 0 Å². The molecular weight excluding hydrogens is 318 g/mol. The second-order valence-electron chi connectivity index (χ2n) is 6.19. The zero-order valence-corrected chi connectivity index (χ0v) is 13.8. The number of aliphatic hydroxyl groups is 3. The summed E-state index contributed by atoms with van der Waals surface area (Å²) in [6.07, 6.45) is 1.40. The number of allylic oxidation sites excluding steroid dienone is 3. The standard InChI is InChI=1S/C15H23N3O6/c1-15(2)8-12(21)10(13(22)9-15)7-11(18(23)24)14(16-3-5-19)17-4-6-20/h7,19-21H,3-6,8-9H2,1-2H3,(H,16,17)/b11-7-. The van der Waals surface area contributed by atoms with Crippen molar-refractivity contribution in [1.82, 2.24) is 5.32 Å². The number of carbonyl (C=O) groups is 1. The maximum Gasteiger partial charge on any atom is 0.311 e. The van der Waals surface area contributed by atoms with Gasteiger partial charge in [-0.15, -0.1) is 0 Å². The Hall–Kier alpha value is -2.26. The lowest BCUT2D eigenvalue weighted by molar-refractivity contribution is -0.415. The second-order valence-corrected chi connectivity index (χ2v) is 6.19. The average molecular weight is 341 g/mol. The molecule has 4 N–H and O–H groups in total. The Morgan fingerprint density at radius 1 is 1.38 bits per heavy atom. The maximum absolute atomic E-state index is 12.2. The van der Waals surface area contributed by atoms with Crippen LogP contribution in [0.1, 0.15) is 26.7 Å². The number of ketones is 1. The summed E-state index contributed by atoms with van der Waals surface area (Å²) in [7, 11) is 0. The van der Waals surface area contributed by atoms with Crippen LogP contribution in [-0.2, 0) is 4.79 Å². The lowest BCUT2D eigenvalue weighted by Crippen LogP contribution is -2.32. The van der Waals surface area contributed by atoms with Crippen molar-refractivity contribution in [3.63, 3.8) is 0 Å². The van der Waals surface area contributed by atoms with Gasteiger partial charge in [0.25, 0.3) is 0 Å². The molecule has 0 saturated carbocycles. The fourth-order valence-corrected chi connectivity index (χ4v) is 2.37. The topological polar surface area (TPSA) is 145 Å². The first-order valence-electron chi connectivity index (χ1n) is 7.53. The number of amidine groups is 1. The summed E-state index contributed by atoms with van der Waals surface area (Å²) in [6.45, 7) is 3.01. The fourth-order valence-electron chi connectivity index (χ4n) is 2.37. The van der Waals surface area contributed by atoms with Crippen LogP contribution in [0.4, 0.5) is 0 Å². The molecule has 0 amide bonds. The van der Waals surface area contributed by atoms with Gasteiger partial charge in [0.1, 0.15) is 5.76 Å². The summed E-state index contributed by atoms with van der Waals surface area (Å²) in [4.78, 5) is 26.7. The predicted molar refractivity (Wildman–Crippen MR) is 87.2 cm³/mol. The monoisotopic (exact) mass is 341 g/mol. The van der Waals surface area contributed by atoms with Gasteiger partial charge in [0.05, 0.1) is 30.3 Å². The number of hydrogen-bond acceptors (Lipinski definition) is 7. The van der Waals surface area contributed by atoms with E-state index in [1.165, 1.54) is 0 Å². The molecule has 9 nitrogen and oxygen atoms in total. The van der Waals surface area contributed by atoms with Gasteiger partial charge in [-0.25, -0.2) is 0 Å². The van der Waals surface area contributed by atoms with Crippen molar-refractivity contribution >= 4 is 11.6 Å².